The largest absolute Gasteiger partial charge is 0.497 e. The van der Waals surface area contributed by atoms with Gasteiger partial charge in [0.1, 0.15) is 5.75 Å². The van der Waals surface area contributed by atoms with Gasteiger partial charge in [-0.15, -0.1) is 0 Å². The summed E-state index contributed by atoms with van der Waals surface area (Å²) in [7, 11) is 1.65. The first-order chi connectivity index (χ1) is 13.1. The van der Waals surface area contributed by atoms with E-state index in [1.54, 1.807) is 7.11 Å². The van der Waals surface area contributed by atoms with Crippen LogP contribution >= 0.6 is 11.6 Å². The highest BCUT2D eigenvalue weighted by Crippen LogP contribution is 2.17. The van der Waals surface area contributed by atoms with Crippen molar-refractivity contribution in [2.75, 3.05) is 33.3 Å². The molecule has 0 aliphatic carbocycles. The Morgan fingerprint density at radius 1 is 1.07 bits per heavy atom. The fraction of sp³-hybridized carbons (Fsp3) is 0.318. The highest BCUT2D eigenvalue weighted by atomic mass is 35.5. The normalized spacial score (nSPS) is 16.3. The highest BCUT2D eigenvalue weighted by molar-refractivity contribution is 6.31. The van der Waals surface area contributed by atoms with Gasteiger partial charge in [-0.25, -0.2) is 0 Å². The highest BCUT2D eigenvalue weighted by Gasteiger charge is 2.21. The van der Waals surface area contributed by atoms with Gasteiger partial charge in [0.15, 0.2) is 0 Å². The van der Waals surface area contributed by atoms with Crippen molar-refractivity contribution in [2.24, 2.45) is 0 Å². The van der Waals surface area contributed by atoms with Crippen LogP contribution in [0.2, 0.25) is 0 Å². The molecule has 142 valence electrons. The number of nitrogens with zero attached hydrogens (tertiary/aromatic N) is 2. The molecule has 0 saturated carbocycles. The number of ether oxygens (including phenoxy) is 1. The van der Waals surface area contributed by atoms with Crippen LogP contribution in [0.3, 0.4) is 0 Å². The SMILES string of the molecule is COc1ccc(CN2CCN(C/C(Cl)=C/c3ccccc3)CCC2=O)cc1. The maximum atomic E-state index is 12.5. The first-order valence-electron chi connectivity index (χ1n) is 9.18. The molecule has 0 N–H and O–H groups in total. The Morgan fingerprint density at radius 3 is 2.52 bits per heavy atom. The second-order valence-corrected chi connectivity index (χ2v) is 7.18. The lowest BCUT2D eigenvalue weighted by Crippen LogP contribution is -2.33. The number of methoxy groups -OCH3 is 1. The summed E-state index contributed by atoms with van der Waals surface area (Å²) in [6.07, 6.45) is 2.51. The van der Waals surface area contributed by atoms with Crippen molar-refractivity contribution < 1.29 is 9.53 Å². The van der Waals surface area contributed by atoms with Gasteiger partial charge in [0.25, 0.3) is 0 Å². The summed E-state index contributed by atoms with van der Waals surface area (Å²) in [5, 5.41) is 0.789. The van der Waals surface area contributed by atoms with Gasteiger partial charge in [0.05, 0.1) is 7.11 Å². The molecule has 5 heteroatoms. The fourth-order valence-corrected chi connectivity index (χ4v) is 3.47. The maximum absolute atomic E-state index is 12.5. The van der Waals surface area contributed by atoms with Crippen molar-refractivity contribution in [3.63, 3.8) is 0 Å². The van der Waals surface area contributed by atoms with Gasteiger partial charge in [0.2, 0.25) is 5.91 Å². The van der Waals surface area contributed by atoms with Crippen LogP contribution in [0.5, 0.6) is 5.75 Å². The maximum Gasteiger partial charge on any atom is 0.224 e. The molecule has 0 radical (unpaired) electrons. The number of carbonyl (C=O) groups excluding carboxylic acids is 1. The molecule has 4 nitrogen and oxygen atoms in total. The third kappa shape index (κ3) is 5.84. The van der Waals surface area contributed by atoms with Gasteiger partial charge in [0, 0.05) is 44.2 Å². The van der Waals surface area contributed by atoms with E-state index in [2.05, 4.69) is 4.90 Å². The molecule has 2 aromatic rings. The third-order valence-electron chi connectivity index (χ3n) is 4.71. The lowest BCUT2D eigenvalue weighted by Gasteiger charge is -2.22. The zero-order valence-electron chi connectivity index (χ0n) is 15.6. The molecular weight excluding hydrogens is 360 g/mol. The summed E-state index contributed by atoms with van der Waals surface area (Å²) in [5.74, 6) is 1.02. The average molecular weight is 385 g/mol. The molecule has 1 saturated heterocycles. The number of benzene rings is 2. The monoisotopic (exact) mass is 384 g/mol. The van der Waals surface area contributed by atoms with Crippen molar-refractivity contribution >= 4 is 23.6 Å². The molecule has 3 rings (SSSR count). The van der Waals surface area contributed by atoms with E-state index in [0.29, 0.717) is 26.1 Å². The molecule has 1 amide bonds. The summed E-state index contributed by atoms with van der Waals surface area (Å²) in [5.41, 5.74) is 2.20. The van der Waals surface area contributed by atoms with Crippen molar-refractivity contribution in [1.82, 2.24) is 9.80 Å². The minimum atomic E-state index is 0.191. The van der Waals surface area contributed by atoms with Gasteiger partial charge in [-0.05, 0) is 29.3 Å². The Labute approximate surface area is 166 Å². The zero-order chi connectivity index (χ0) is 19.1. The van der Waals surface area contributed by atoms with Crippen molar-refractivity contribution in [3.8, 4) is 5.75 Å². The van der Waals surface area contributed by atoms with E-state index in [1.165, 1.54) is 0 Å². The number of amides is 1. The molecule has 2 aromatic carbocycles. The number of rotatable bonds is 6. The third-order valence-corrected chi connectivity index (χ3v) is 4.94. The molecule has 0 aromatic heterocycles. The predicted octanol–water partition coefficient (Wildman–Crippen LogP) is 4.01. The van der Waals surface area contributed by atoms with Gasteiger partial charge >= 0.3 is 0 Å². The van der Waals surface area contributed by atoms with E-state index >= 15 is 0 Å². The Morgan fingerprint density at radius 2 is 1.81 bits per heavy atom. The summed E-state index contributed by atoms with van der Waals surface area (Å²) in [6, 6.07) is 17.9. The predicted molar refractivity (Wildman–Crippen MR) is 110 cm³/mol. The molecule has 0 spiro atoms. The molecular formula is C22H25ClN2O2. The smallest absolute Gasteiger partial charge is 0.224 e. The molecule has 1 aliphatic rings. The second kappa shape index (κ2) is 9.58. The molecule has 27 heavy (non-hydrogen) atoms. The number of hydrogen-bond acceptors (Lipinski definition) is 3. The van der Waals surface area contributed by atoms with Crippen LogP contribution in [0, 0.1) is 0 Å². The number of carbonyl (C=O) groups is 1. The standard InChI is InChI=1S/C22H25ClN2O2/c1-27-21-9-7-19(8-10-21)16-25-14-13-24(12-11-22(25)26)17-20(23)15-18-5-3-2-4-6-18/h2-10,15H,11-14,16-17H2,1H3/b20-15-. The quantitative estimate of drug-likeness (QED) is 0.754. The first kappa shape index (κ1) is 19.5. The Bertz CT molecular complexity index is 775. The van der Waals surface area contributed by atoms with E-state index in [-0.39, 0.29) is 5.91 Å². The van der Waals surface area contributed by atoms with Gasteiger partial charge in [-0.3, -0.25) is 9.69 Å². The average Bonchev–Trinajstić information content (AvgIpc) is 2.85. The lowest BCUT2D eigenvalue weighted by atomic mass is 10.2. The van der Waals surface area contributed by atoms with E-state index < -0.39 is 0 Å². The summed E-state index contributed by atoms with van der Waals surface area (Å²) in [6.45, 7) is 3.56. The van der Waals surface area contributed by atoms with Crippen LogP contribution in [0.15, 0.2) is 59.6 Å². The van der Waals surface area contributed by atoms with Crippen LogP contribution in [0.4, 0.5) is 0 Å². The first-order valence-corrected chi connectivity index (χ1v) is 9.56. The Kier molecular flexibility index (Phi) is 6.91. The summed E-state index contributed by atoms with van der Waals surface area (Å²) >= 11 is 6.44. The van der Waals surface area contributed by atoms with Crippen molar-refractivity contribution in [2.45, 2.75) is 13.0 Å². The van der Waals surface area contributed by atoms with Crippen LogP contribution in [-0.2, 0) is 11.3 Å². The van der Waals surface area contributed by atoms with Crippen molar-refractivity contribution in [3.05, 3.63) is 70.8 Å². The fourth-order valence-electron chi connectivity index (χ4n) is 3.18. The van der Waals surface area contributed by atoms with E-state index in [9.17, 15) is 4.79 Å². The molecule has 1 fully saturated rings. The minimum absolute atomic E-state index is 0.191. The van der Waals surface area contributed by atoms with Crippen LogP contribution < -0.4 is 4.74 Å². The van der Waals surface area contributed by atoms with E-state index in [1.807, 2.05) is 65.6 Å². The van der Waals surface area contributed by atoms with Crippen LogP contribution in [0.1, 0.15) is 17.5 Å². The van der Waals surface area contributed by atoms with Crippen molar-refractivity contribution in [1.29, 1.82) is 0 Å². The Hall–Kier alpha value is -2.30. The van der Waals surface area contributed by atoms with E-state index in [4.69, 9.17) is 16.3 Å². The van der Waals surface area contributed by atoms with Crippen LogP contribution in [0.25, 0.3) is 6.08 Å². The number of halogens is 1. The van der Waals surface area contributed by atoms with Gasteiger partial charge in [-0.1, -0.05) is 54.1 Å². The summed E-state index contributed by atoms with van der Waals surface area (Å²) < 4.78 is 5.19. The molecule has 1 aliphatic heterocycles. The van der Waals surface area contributed by atoms with Crippen LogP contribution in [-0.4, -0.2) is 49.0 Å². The molecule has 0 unspecified atom stereocenters. The second-order valence-electron chi connectivity index (χ2n) is 6.69. The molecule has 0 atom stereocenters. The summed E-state index contributed by atoms with van der Waals surface area (Å²) in [4.78, 5) is 16.7. The minimum Gasteiger partial charge on any atom is -0.497 e. The lowest BCUT2D eigenvalue weighted by molar-refractivity contribution is -0.130. The zero-order valence-corrected chi connectivity index (χ0v) is 16.4. The van der Waals surface area contributed by atoms with Gasteiger partial charge in [-0.2, -0.15) is 0 Å². The van der Waals surface area contributed by atoms with E-state index in [0.717, 1.165) is 35.0 Å². The number of hydrogen-bond donors (Lipinski definition) is 0. The topological polar surface area (TPSA) is 32.8 Å². The molecule has 0 bridgehead atoms. The van der Waals surface area contributed by atoms with Gasteiger partial charge < -0.3 is 9.64 Å². The Balaban J connectivity index is 1.56. The molecule has 1 heterocycles.